The molecular weight excluding hydrogens is 295 g/mol. The van der Waals surface area contributed by atoms with Crippen molar-refractivity contribution in [1.29, 1.82) is 0 Å². The monoisotopic (exact) mass is 308 g/mol. The van der Waals surface area contributed by atoms with Crippen LogP contribution in [0.2, 0.25) is 0 Å². The fourth-order valence-electron chi connectivity index (χ4n) is 1.88. The predicted octanol–water partition coefficient (Wildman–Crippen LogP) is 4.14. The molecule has 3 rings (SSSR count). The van der Waals surface area contributed by atoms with Crippen LogP contribution in [0.3, 0.4) is 0 Å². The van der Waals surface area contributed by atoms with Crippen molar-refractivity contribution in [3.05, 3.63) is 35.7 Å². The van der Waals surface area contributed by atoms with Crippen LogP contribution in [-0.2, 0) is 9.09 Å². The van der Waals surface area contributed by atoms with Gasteiger partial charge in [-0.05, 0) is 29.6 Å². The second kappa shape index (κ2) is 5.05. The number of H-pyrrole nitrogens is 1. The zero-order chi connectivity index (χ0) is 14.2. The summed E-state index contributed by atoms with van der Waals surface area (Å²) in [6.07, 6.45) is 0. The first kappa shape index (κ1) is 13.4. The minimum atomic E-state index is -3.06. The maximum atomic E-state index is 11.9. The van der Waals surface area contributed by atoms with E-state index in [4.69, 9.17) is 9.05 Å². The molecule has 2 heterocycles. The number of nitrogens with one attached hydrogen (secondary N) is 1. The fraction of sp³-hybridized carbons (Fsp3) is 0.154. The van der Waals surface area contributed by atoms with Gasteiger partial charge in [-0.3, -0.25) is 5.10 Å². The van der Waals surface area contributed by atoms with Crippen molar-refractivity contribution in [2.75, 3.05) is 13.8 Å². The van der Waals surface area contributed by atoms with Gasteiger partial charge in [-0.25, -0.2) is 4.57 Å². The van der Waals surface area contributed by atoms with Gasteiger partial charge >= 0.3 is 7.60 Å². The number of hydrogen-bond donors (Lipinski definition) is 1. The molecule has 0 aliphatic carbocycles. The molecule has 7 heteroatoms. The molecule has 1 aromatic carbocycles. The van der Waals surface area contributed by atoms with Gasteiger partial charge in [0.15, 0.2) is 0 Å². The van der Waals surface area contributed by atoms with Crippen LogP contribution < -0.4 is 4.52 Å². The lowest BCUT2D eigenvalue weighted by molar-refractivity contribution is 0.328. The molecule has 0 saturated heterocycles. The van der Waals surface area contributed by atoms with Crippen LogP contribution in [0.1, 0.15) is 0 Å². The third-order valence-electron chi connectivity index (χ3n) is 2.89. The molecule has 0 bridgehead atoms. The Morgan fingerprint density at radius 2 is 2.20 bits per heavy atom. The largest absolute Gasteiger partial charge is 0.425 e. The molecular formula is C13H13N2O3PS. The standard InChI is InChI=1S/C13H13N2O3PS/c1-17-19(2,16)18-9-5-6-11-10(8-9)13(15-14-11)12-4-3-7-20-12/h3-8H,1-2H3,(H,14,15). The van der Waals surface area contributed by atoms with Crippen LogP contribution >= 0.6 is 18.9 Å². The van der Waals surface area contributed by atoms with E-state index in [-0.39, 0.29) is 0 Å². The normalized spacial score (nSPS) is 14.3. The zero-order valence-corrected chi connectivity index (χ0v) is 12.7. The first-order valence-electron chi connectivity index (χ1n) is 5.94. The van der Waals surface area contributed by atoms with E-state index in [2.05, 4.69) is 10.2 Å². The van der Waals surface area contributed by atoms with E-state index < -0.39 is 7.60 Å². The molecule has 20 heavy (non-hydrogen) atoms. The lowest BCUT2D eigenvalue weighted by Crippen LogP contribution is -1.92. The molecule has 0 saturated carbocycles. The van der Waals surface area contributed by atoms with E-state index in [1.54, 1.807) is 17.4 Å². The summed E-state index contributed by atoms with van der Waals surface area (Å²) in [5.74, 6) is 0.504. The van der Waals surface area contributed by atoms with Gasteiger partial charge in [-0.15, -0.1) is 11.3 Å². The van der Waals surface area contributed by atoms with Crippen molar-refractivity contribution >= 4 is 29.8 Å². The lowest BCUT2D eigenvalue weighted by Gasteiger charge is -2.12. The third-order valence-corrected chi connectivity index (χ3v) is 4.97. The summed E-state index contributed by atoms with van der Waals surface area (Å²) < 4.78 is 22.1. The van der Waals surface area contributed by atoms with Crippen LogP contribution in [0.25, 0.3) is 21.5 Å². The Morgan fingerprint density at radius 3 is 2.90 bits per heavy atom. The van der Waals surface area contributed by atoms with Gasteiger partial charge in [0.1, 0.15) is 11.4 Å². The lowest BCUT2D eigenvalue weighted by atomic mass is 10.2. The fourth-order valence-corrected chi connectivity index (χ4v) is 3.18. The summed E-state index contributed by atoms with van der Waals surface area (Å²) in [5.41, 5.74) is 1.77. The summed E-state index contributed by atoms with van der Waals surface area (Å²) in [4.78, 5) is 1.07. The highest BCUT2D eigenvalue weighted by atomic mass is 32.1. The summed E-state index contributed by atoms with van der Waals surface area (Å²) >= 11 is 1.62. The van der Waals surface area contributed by atoms with Gasteiger partial charge < -0.3 is 9.05 Å². The number of fused-ring (bicyclic) bond motifs is 1. The average molecular weight is 308 g/mol. The highest BCUT2D eigenvalue weighted by Crippen LogP contribution is 2.44. The Labute approximate surface area is 120 Å². The number of nitrogens with zero attached hydrogens (tertiary/aromatic N) is 1. The highest BCUT2D eigenvalue weighted by Gasteiger charge is 2.17. The average Bonchev–Trinajstić information content (AvgIpc) is 3.06. The number of aromatic amines is 1. The van der Waals surface area contributed by atoms with Gasteiger partial charge in [-0.1, -0.05) is 6.07 Å². The van der Waals surface area contributed by atoms with Crippen molar-refractivity contribution in [2.24, 2.45) is 0 Å². The summed E-state index contributed by atoms with van der Waals surface area (Å²) in [6.45, 7) is 1.44. The molecule has 0 aliphatic rings. The molecule has 5 nitrogen and oxygen atoms in total. The van der Waals surface area contributed by atoms with E-state index in [1.165, 1.54) is 13.8 Å². The number of thiophene rings is 1. The molecule has 1 atom stereocenters. The Kier molecular flexibility index (Phi) is 3.38. The Morgan fingerprint density at radius 1 is 1.35 bits per heavy atom. The van der Waals surface area contributed by atoms with Crippen LogP contribution in [-0.4, -0.2) is 24.0 Å². The van der Waals surface area contributed by atoms with Crippen molar-refractivity contribution in [2.45, 2.75) is 0 Å². The van der Waals surface area contributed by atoms with Gasteiger partial charge in [0.2, 0.25) is 0 Å². The molecule has 0 radical (unpaired) electrons. The van der Waals surface area contributed by atoms with E-state index in [1.807, 2.05) is 29.6 Å². The molecule has 0 aliphatic heterocycles. The Hall–Kier alpha value is -1.62. The molecule has 0 amide bonds. The first-order chi connectivity index (χ1) is 9.59. The number of hydrogen-bond acceptors (Lipinski definition) is 5. The molecule has 1 N–H and O–H groups in total. The molecule has 0 fully saturated rings. The number of aromatic nitrogens is 2. The van der Waals surface area contributed by atoms with Gasteiger partial charge in [0.25, 0.3) is 0 Å². The zero-order valence-electron chi connectivity index (χ0n) is 11.0. The summed E-state index contributed by atoms with van der Waals surface area (Å²) in [5, 5.41) is 10.2. The Bertz CT molecular complexity index is 782. The van der Waals surface area contributed by atoms with Crippen molar-refractivity contribution < 1.29 is 13.6 Å². The maximum Gasteiger partial charge on any atom is 0.375 e. The highest BCUT2D eigenvalue weighted by molar-refractivity contribution is 7.53. The Balaban J connectivity index is 2.06. The van der Waals surface area contributed by atoms with Gasteiger partial charge in [0, 0.05) is 19.2 Å². The van der Waals surface area contributed by atoms with Gasteiger partial charge in [0.05, 0.1) is 10.4 Å². The van der Waals surface area contributed by atoms with E-state index in [9.17, 15) is 4.57 Å². The SMILES string of the molecule is COP(C)(=O)Oc1ccc2[nH]nc(-c3cccs3)c2c1. The smallest absolute Gasteiger partial charge is 0.375 e. The van der Waals surface area contributed by atoms with E-state index >= 15 is 0 Å². The molecule has 104 valence electrons. The minimum absolute atomic E-state index is 0.504. The maximum absolute atomic E-state index is 11.9. The number of benzene rings is 1. The van der Waals surface area contributed by atoms with Crippen LogP contribution in [0, 0.1) is 0 Å². The van der Waals surface area contributed by atoms with Crippen molar-refractivity contribution in [3.8, 4) is 16.3 Å². The molecule has 2 aromatic heterocycles. The van der Waals surface area contributed by atoms with Gasteiger partial charge in [-0.2, -0.15) is 5.10 Å². The van der Waals surface area contributed by atoms with Crippen molar-refractivity contribution in [3.63, 3.8) is 0 Å². The van der Waals surface area contributed by atoms with Crippen LogP contribution in [0.5, 0.6) is 5.75 Å². The van der Waals surface area contributed by atoms with E-state index in [0.717, 1.165) is 21.5 Å². The van der Waals surface area contributed by atoms with Crippen LogP contribution in [0.15, 0.2) is 35.7 Å². The quantitative estimate of drug-likeness (QED) is 0.736. The molecule has 0 spiro atoms. The van der Waals surface area contributed by atoms with E-state index in [0.29, 0.717) is 5.75 Å². The summed E-state index contributed by atoms with van der Waals surface area (Å²) in [7, 11) is -1.69. The predicted molar refractivity (Wildman–Crippen MR) is 80.6 cm³/mol. The second-order valence-corrected chi connectivity index (χ2v) is 7.34. The number of rotatable bonds is 4. The first-order valence-corrected chi connectivity index (χ1v) is 8.81. The van der Waals surface area contributed by atoms with Crippen molar-refractivity contribution in [1.82, 2.24) is 10.2 Å². The molecule has 3 aromatic rings. The van der Waals surface area contributed by atoms with Crippen LogP contribution in [0.4, 0.5) is 0 Å². The third kappa shape index (κ3) is 2.50. The summed E-state index contributed by atoms with van der Waals surface area (Å²) in [6, 6.07) is 9.40. The second-order valence-electron chi connectivity index (χ2n) is 4.30. The topological polar surface area (TPSA) is 64.2 Å². The minimum Gasteiger partial charge on any atom is -0.425 e. The molecule has 1 unspecified atom stereocenters.